The van der Waals surface area contributed by atoms with Crippen LogP contribution in [0.15, 0.2) is 60.3 Å². The number of hydrogen-bond acceptors (Lipinski definition) is 5. The molecule has 2 aromatic carbocycles. The van der Waals surface area contributed by atoms with Crippen molar-refractivity contribution >= 4 is 23.1 Å². The van der Waals surface area contributed by atoms with Crippen LogP contribution in [0.1, 0.15) is 18.4 Å². The zero-order valence-electron chi connectivity index (χ0n) is 17.0. The molecule has 32 heavy (non-hydrogen) atoms. The Morgan fingerprint density at radius 2 is 1.78 bits per heavy atom. The van der Waals surface area contributed by atoms with Gasteiger partial charge in [-0.15, -0.1) is 13.2 Å². The monoisotopic (exact) mass is 446 g/mol. The molecule has 6 nitrogen and oxygen atoms in total. The summed E-state index contributed by atoms with van der Waals surface area (Å²) in [6.45, 7) is 0.908. The summed E-state index contributed by atoms with van der Waals surface area (Å²) in [5, 5.41) is 9.60. The first-order valence-electron chi connectivity index (χ1n) is 10.2. The van der Waals surface area contributed by atoms with E-state index in [2.05, 4.69) is 4.74 Å². The summed E-state index contributed by atoms with van der Waals surface area (Å²) < 4.78 is 41.9. The maximum Gasteiger partial charge on any atom is 0.573 e. The molecule has 0 aliphatic carbocycles. The number of aliphatic hydroxyl groups is 1. The topological polar surface area (TPSA) is 70.1 Å². The molecular weight excluding hydrogens is 425 g/mol. The van der Waals surface area contributed by atoms with Gasteiger partial charge in [0.1, 0.15) is 11.4 Å². The first-order chi connectivity index (χ1) is 15.3. The van der Waals surface area contributed by atoms with E-state index in [4.69, 9.17) is 0 Å². The predicted octanol–water partition coefficient (Wildman–Crippen LogP) is 3.57. The van der Waals surface area contributed by atoms with Crippen LogP contribution in [0, 0.1) is 5.92 Å². The fourth-order valence-corrected chi connectivity index (χ4v) is 4.15. The number of amides is 2. The molecule has 9 heteroatoms. The second-order valence-electron chi connectivity index (χ2n) is 7.72. The maximum absolute atomic E-state index is 13.5. The number of alkyl halides is 3. The minimum atomic E-state index is -4.90. The molecule has 1 atom stereocenters. The molecule has 4 rings (SSSR count). The van der Waals surface area contributed by atoms with E-state index in [-0.39, 0.29) is 29.5 Å². The smallest absolute Gasteiger partial charge is 0.406 e. The first kappa shape index (κ1) is 21.9. The van der Waals surface area contributed by atoms with Crippen LogP contribution in [0.3, 0.4) is 0 Å². The van der Waals surface area contributed by atoms with Gasteiger partial charge in [0, 0.05) is 25.8 Å². The average Bonchev–Trinajstić information content (AvgIpc) is 3.03. The maximum atomic E-state index is 13.5. The molecular formula is C23H21F3N2O4. The highest BCUT2D eigenvalue weighted by Crippen LogP contribution is 2.37. The molecule has 0 bridgehead atoms. The number of benzene rings is 2. The van der Waals surface area contributed by atoms with Gasteiger partial charge in [-0.05, 0) is 36.5 Å². The van der Waals surface area contributed by atoms with E-state index in [1.165, 1.54) is 12.1 Å². The van der Waals surface area contributed by atoms with Crippen LogP contribution in [0.4, 0.5) is 18.9 Å². The number of likely N-dealkylation sites (tertiary alicyclic amines) is 1. The normalized spacial score (nSPS) is 19.7. The van der Waals surface area contributed by atoms with Gasteiger partial charge < -0.3 is 14.7 Å². The van der Waals surface area contributed by atoms with E-state index in [0.29, 0.717) is 18.7 Å². The lowest BCUT2D eigenvalue weighted by Gasteiger charge is -2.34. The molecule has 1 fully saturated rings. The van der Waals surface area contributed by atoms with Crippen LogP contribution in [0.5, 0.6) is 5.75 Å². The van der Waals surface area contributed by atoms with Gasteiger partial charge in [-0.25, -0.2) is 4.90 Å². The molecule has 2 aromatic rings. The number of imide groups is 1. The van der Waals surface area contributed by atoms with E-state index in [1.54, 1.807) is 35.2 Å². The Labute approximate surface area is 182 Å². The quantitative estimate of drug-likeness (QED) is 0.712. The number of carbonyl (C=O) groups is 2. The van der Waals surface area contributed by atoms with Gasteiger partial charge in [0.25, 0.3) is 11.8 Å². The standard InChI is InChI=1S/C23H21F3N2O4/c24-23(25,26)32-18-10-4-9-17(12-18)28-21(30)19(16-7-2-1-3-8-16)20(22(28)31)27-11-5-6-15(13-27)14-29/h1-4,7-10,12,15,29H,5-6,11,13-14H2. The number of halogens is 3. The van der Waals surface area contributed by atoms with Crippen molar-refractivity contribution in [2.24, 2.45) is 5.92 Å². The fourth-order valence-electron chi connectivity index (χ4n) is 4.15. The van der Waals surface area contributed by atoms with E-state index in [0.717, 1.165) is 29.9 Å². The van der Waals surface area contributed by atoms with Crippen LogP contribution >= 0.6 is 0 Å². The van der Waals surface area contributed by atoms with Gasteiger partial charge in [-0.3, -0.25) is 9.59 Å². The highest BCUT2D eigenvalue weighted by Gasteiger charge is 2.43. The molecule has 2 heterocycles. The first-order valence-corrected chi connectivity index (χ1v) is 10.2. The van der Waals surface area contributed by atoms with Gasteiger partial charge in [-0.2, -0.15) is 0 Å². The summed E-state index contributed by atoms with van der Waals surface area (Å²) >= 11 is 0. The number of piperidine rings is 1. The second kappa shape index (κ2) is 8.66. The van der Waals surface area contributed by atoms with Crippen LogP contribution in [-0.4, -0.2) is 47.9 Å². The van der Waals surface area contributed by atoms with Crippen molar-refractivity contribution in [3.63, 3.8) is 0 Å². The Balaban J connectivity index is 1.75. The fraction of sp³-hybridized carbons (Fsp3) is 0.304. The summed E-state index contributed by atoms with van der Waals surface area (Å²) in [5.41, 5.74) is 0.913. The Kier molecular flexibility index (Phi) is 5.92. The molecule has 1 unspecified atom stereocenters. The SMILES string of the molecule is O=C1C(c2ccccc2)=C(N2CCCC(CO)C2)C(=O)N1c1cccc(OC(F)(F)F)c1. The van der Waals surface area contributed by atoms with Gasteiger partial charge >= 0.3 is 6.36 Å². The van der Waals surface area contributed by atoms with Gasteiger partial charge in [0.2, 0.25) is 0 Å². The number of anilines is 1. The third kappa shape index (κ3) is 4.34. The number of rotatable bonds is 5. The number of ether oxygens (including phenoxy) is 1. The number of carbonyl (C=O) groups excluding carboxylic acids is 2. The Bertz CT molecular complexity index is 1050. The minimum absolute atomic E-state index is 0.0131. The molecule has 0 saturated carbocycles. The van der Waals surface area contributed by atoms with Crippen LogP contribution in [0.2, 0.25) is 0 Å². The summed E-state index contributed by atoms with van der Waals surface area (Å²) in [7, 11) is 0. The van der Waals surface area contributed by atoms with E-state index in [1.807, 2.05) is 0 Å². The van der Waals surface area contributed by atoms with Crippen molar-refractivity contribution in [2.45, 2.75) is 19.2 Å². The van der Waals surface area contributed by atoms with Gasteiger partial charge in [0.15, 0.2) is 0 Å². The highest BCUT2D eigenvalue weighted by molar-refractivity contribution is 6.45. The number of hydrogen-bond donors (Lipinski definition) is 1. The predicted molar refractivity (Wildman–Crippen MR) is 110 cm³/mol. The summed E-state index contributed by atoms with van der Waals surface area (Å²) in [6, 6.07) is 13.5. The van der Waals surface area contributed by atoms with Crippen molar-refractivity contribution < 1.29 is 32.6 Å². The Hall–Kier alpha value is -3.33. The van der Waals surface area contributed by atoms with Crippen LogP contribution < -0.4 is 9.64 Å². The van der Waals surface area contributed by atoms with Crippen molar-refractivity contribution in [1.29, 1.82) is 0 Å². The molecule has 0 spiro atoms. The highest BCUT2D eigenvalue weighted by atomic mass is 19.4. The second-order valence-corrected chi connectivity index (χ2v) is 7.72. The van der Waals surface area contributed by atoms with Crippen LogP contribution in [-0.2, 0) is 9.59 Å². The minimum Gasteiger partial charge on any atom is -0.406 e. The van der Waals surface area contributed by atoms with E-state index < -0.39 is 23.9 Å². The molecule has 2 amide bonds. The number of nitrogens with zero attached hydrogens (tertiary/aromatic N) is 2. The number of aliphatic hydroxyl groups excluding tert-OH is 1. The molecule has 2 aliphatic rings. The molecule has 168 valence electrons. The molecule has 2 aliphatic heterocycles. The third-order valence-corrected chi connectivity index (χ3v) is 5.52. The van der Waals surface area contributed by atoms with Crippen LogP contribution in [0.25, 0.3) is 5.57 Å². The average molecular weight is 446 g/mol. The van der Waals surface area contributed by atoms with Crippen molar-refractivity contribution in [1.82, 2.24) is 4.90 Å². The Morgan fingerprint density at radius 3 is 2.47 bits per heavy atom. The zero-order chi connectivity index (χ0) is 22.9. The third-order valence-electron chi connectivity index (χ3n) is 5.52. The summed E-state index contributed by atoms with van der Waals surface area (Å²) in [5.74, 6) is -1.79. The van der Waals surface area contributed by atoms with Crippen molar-refractivity contribution in [2.75, 3.05) is 24.6 Å². The van der Waals surface area contributed by atoms with Gasteiger partial charge in [-0.1, -0.05) is 36.4 Å². The lowest BCUT2D eigenvalue weighted by Crippen LogP contribution is -2.40. The lowest BCUT2D eigenvalue weighted by molar-refractivity contribution is -0.274. The Morgan fingerprint density at radius 1 is 1.03 bits per heavy atom. The molecule has 0 aromatic heterocycles. The zero-order valence-corrected chi connectivity index (χ0v) is 17.0. The van der Waals surface area contributed by atoms with E-state index >= 15 is 0 Å². The van der Waals surface area contributed by atoms with Crippen molar-refractivity contribution in [3.05, 3.63) is 65.9 Å². The van der Waals surface area contributed by atoms with E-state index in [9.17, 15) is 27.9 Å². The molecule has 1 N–H and O–H groups in total. The molecule has 0 radical (unpaired) electrons. The van der Waals surface area contributed by atoms with Crippen molar-refractivity contribution in [3.8, 4) is 5.75 Å². The molecule has 1 saturated heterocycles. The largest absolute Gasteiger partial charge is 0.573 e. The van der Waals surface area contributed by atoms with Gasteiger partial charge in [0.05, 0.1) is 11.3 Å². The lowest BCUT2D eigenvalue weighted by atomic mass is 9.97. The summed E-state index contributed by atoms with van der Waals surface area (Å²) in [4.78, 5) is 29.6. The summed E-state index contributed by atoms with van der Waals surface area (Å²) in [6.07, 6.45) is -3.35.